The number of urea groups is 1. The maximum atomic E-state index is 12.0. The molecule has 2 amide bonds. The summed E-state index contributed by atoms with van der Waals surface area (Å²) < 4.78 is 9.33. The number of carboxylic acids is 1. The van der Waals surface area contributed by atoms with E-state index in [0.29, 0.717) is 0 Å². The van der Waals surface area contributed by atoms with Crippen molar-refractivity contribution in [1.29, 1.82) is 0 Å². The molecule has 0 spiro atoms. The van der Waals surface area contributed by atoms with Crippen LogP contribution in [0.15, 0.2) is 0 Å². The molecule has 0 heterocycles. The number of aliphatic hydroxyl groups is 1. The zero-order valence-corrected chi connectivity index (χ0v) is 12.4. The van der Waals surface area contributed by atoms with Crippen LogP contribution >= 0.6 is 0 Å². The summed E-state index contributed by atoms with van der Waals surface area (Å²) in [5.41, 5.74) is 0. The highest BCUT2D eigenvalue weighted by atomic mass is 16.5. The van der Waals surface area contributed by atoms with E-state index in [-0.39, 0.29) is 26.1 Å². The van der Waals surface area contributed by atoms with Gasteiger partial charge in [-0.15, -0.1) is 0 Å². The summed E-state index contributed by atoms with van der Waals surface area (Å²) in [6.07, 6.45) is -1.28. The zero-order chi connectivity index (χ0) is 16.4. The molecule has 0 unspecified atom stereocenters. The van der Waals surface area contributed by atoms with Gasteiger partial charge in [-0.2, -0.15) is 0 Å². The number of aliphatic carboxylic acids is 1. The first kappa shape index (κ1) is 19.1. The van der Waals surface area contributed by atoms with Gasteiger partial charge in [0.2, 0.25) is 0 Å². The number of methoxy groups -OCH3 is 2. The van der Waals surface area contributed by atoms with Crippen molar-refractivity contribution in [3.63, 3.8) is 0 Å². The Balaban J connectivity index is 4.68. The summed E-state index contributed by atoms with van der Waals surface area (Å²) in [6, 6.07) is -2.13. The Morgan fingerprint density at radius 1 is 1.24 bits per heavy atom. The third-order valence-corrected chi connectivity index (χ3v) is 2.69. The van der Waals surface area contributed by atoms with Crippen molar-refractivity contribution >= 4 is 18.0 Å². The molecule has 0 fully saturated rings. The summed E-state index contributed by atoms with van der Waals surface area (Å²) in [5, 5.41) is 20.4. The van der Waals surface area contributed by atoms with E-state index in [9.17, 15) is 19.5 Å². The molecule has 0 aromatic rings. The fourth-order valence-corrected chi connectivity index (χ4v) is 1.46. The first-order chi connectivity index (χ1) is 9.83. The second kappa shape index (κ2) is 9.94. The molecule has 9 heteroatoms. The first-order valence-electron chi connectivity index (χ1n) is 6.35. The third-order valence-electron chi connectivity index (χ3n) is 2.69. The molecule has 0 rings (SSSR count). The summed E-state index contributed by atoms with van der Waals surface area (Å²) in [6.45, 7) is 1.70. The van der Waals surface area contributed by atoms with Gasteiger partial charge >= 0.3 is 18.0 Å². The lowest BCUT2D eigenvalue weighted by Gasteiger charge is -2.25. The molecule has 0 aromatic heterocycles. The minimum absolute atomic E-state index is 0.0277. The van der Waals surface area contributed by atoms with Crippen LogP contribution in [-0.4, -0.2) is 79.1 Å². The molecular formula is C12H22N2O7. The average Bonchev–Trinajstić information content (AvgIpc) is 2.43. The third kappa shape index (κ3) is 7.47. The van der Waals surface area contributed by atoms with Crippen LogP contribution in [0.25, 0.3) is 0 Å². The van der Waals surface area contributed by atoms with E-state index in [4.69, 9.17) is 9.84 Å². The van der Waals surface area contributed by atoms with Gasteiger partial charge in [0, 0.05) is 20.2 Å². The van der Waals surface area contributed by atoms with Crippen molar-refractivity contribution in [2.45, 2.75) is 25.5 Å². The molecule has 0 aliphatic carbocycles. The van der Waals surface area contributed by atoms with Crippen molar-refractivity contribution in [3.8, 4) is 0 Å². The Bertz CT molecular complexity index is 360. The molecule has 0 radical (unpaired) electrons. The van der Waals surface area contributed by atoms with Crippen molar-refractivity contribution in [3.05, 3.63) is 0 Å². The van der Waals surface area contributed by atoms with Gasteiger partial charge in [-0.05, 0) is 6.92 Å². The summed E-state index contributed by atoms with van der Waals surface area (Å²) in [7, 11) is 2.68. The number of nitrogens with zero attached hydrogens (tertiary/aromatic N) is 1. The largest absolute Gasteiger partial charge is 0.480 e. The summed E-state index contributed by atoms with van der Waals surface area (Å²) in [5.74, 6) is -1.84. The highest BCUT2D eigenvalue weighted by molar-refractivity contribution is 5.83. The fourth-order valence-electron chi connectivity index (χ4n) is 1.46. The molecule has 0 aliphatic rings. The summed E-state index contributed by atoms with van der Waals surface area (Å²) >= 11 is 0. The van der Waals surface area contributed by atoms with Gasteiger partial charge in [-0.1, -0.05) is 0 Å². The molecule has 2 atom stereocenters. The van der Waals surface area contributed by atoms with E-state index in [1.807, 2.05) is 0 Å². The monoisotopic (exact) mass is 306 g/mol. The van der Waals surface area contributed by atoms with Gasteiger partial charge in [0.1, 0.15) is 0 Å². The maximum Gasteiger partial charge on any atom is 0.328 e. The summed E-state index contributed by atoms with van der Waals surface area (Å²) in [4.78, 5) is 35.3. The first-order valence-corrected chi connectivity index (χ1v) is 6.35. The Kier molecular flexibility index (Phi) is 9.06. The van der Waals surface area contributed by atoms with Gasteiger partial charge in [-0.25, -0.2) is 9.59 Å². The van der Waals surface area contributed by atoms with Crippen molar-refractivity contribution in [2.75, 3.05) is 33.9 Å². The molecule has 21 heavy (non-hydrogen) atoms. The lowest BCUT2D eigenvalue weighted by molar-refractivity contribution is -0.142. The van der Waals surface area contributed by atoms with Crippen LogP contribution in [0.2, 0.25) is 0 Å². The topological polar surface area (TPSA) is 125 Å². The number of carbonyl (C=O) groups is 3. The van der Waals surface area contributed by atoms with Gasteiger partial charge in [0.15, 0.2) is 6.04 Å². The fraction of sp³-hybridized carbons (Fsp3) is 0.750. The predicted octanol–water partition coefficient (Wildman–Crippen LogP) is -0.958. The standard InChI is InChI=1S/C12H22N2O7/c1-8(15)10(11(17)18)13-12(19)14(6-7-20-2)5-4-9(16)21-3/h8,10,15H,4-7H2,1-3H3,(H,13,19)(H,17,18)/t8-,10+/m1/s1. The Morgan fingerprint density at radius 2 is 1.86 bits per heavy atom. The van der Waals surface area contributed by atoms with Crippen LogP contribution in [0.5, 0.6) is 0 Å². The van der Waals surface area contributed by atoms with E-state index in [0.717, 1.165) is 0 Å². The van der Waals surface area contributed by atoms with Crippen molar-refractivity contribution in [2.24, 2.45) is 0 Å². The molecule has 0 bridgehead atoms. The number of carbonyl (C=O) groups excluding carboxylic acids is 2. The van der Waals surface area contributed by atoms with Crippen LogP contribution in [0, 0.1) is 0 Å². The average molecular weight is 306 g/mol. The molecule has 0 aromatic carbocycles. The van der Waals surface area contributed by atoms with E-state index in [1.165, 1.54) is 26.0 Å². The zero-order valence-electron chi connectivity index (χ0n) is 12.4. The molecule has 0 aliphatic heterocycles. The van der Waals surface area contributed by atoms with Crippen LogP contribution in [0.4, 0.5) is 4.79 Å². The Morgan fingerprint density at radius 3 is 2.29 bits per heavy atom. The molecule has 9 nitrogen and oxygen atoms in total. The number of hydrogen-bond donors (Lipinski definition) is 3. The molecule has 3 N–H and O–H groups in total. The van der Waals surface area contributed by atoms with Crippen LogP contribution in [0.3, 0.4) is 0 Å². The van der Waals surface area contributed by atoms with Gasteiger partial charge < -0.3 is 29.9 Å². The Hall–Kier alpha value is -1.87. The van der Waals surface area contributed by atoms with Gasteiger partial charge in [-0.3, -0.25) is 4.79 Å². The van der Waals surface area contributed by atoms with E-state index < -0.39 is 30.1 Å². The molecule has 0 saturated heterocycles. The van der Waals surface area contributed by atoms with Crippen LogP contribution in [0.1, 0.15) is 13.3 Å². The number of hydrogen-bond acceptors (Lipinski definition) is 6. The van der Waals surface area contributed by atoms with Crippen LogP contribution < -0.4 is 5.32 Å². The SMILES string of the molecule is COCCN(CCC(=O)OC)C(=O)N[C@H](C(=O)O)[C@@H](C)O. The molecule has 122 valence electrons. The number of esters is 1. The number of nitrogens with one attached hydrogen (secondary N) is 1. The second-order valence-corrected chi connectivity index (χ2v) is 4.31. The number of aliphatic hydroxyl groups excluding tert-OH is 1. The van der Waals surface area contributed by atoms with Gasteiger partial charge in [0.25, 0.3) is 0 Å². The maximum absolute atomic E-state index is 12.0. The van der Waals surface area contributed by atoms with Gasteiger partial charge in [0.05, 0.1) is 26.2 Å². The van der Waals surface area contributed by atoms with E-state index in [1.54, 1.807) is 0 Å². The minimum atomic E-state index is -1.43. The van der Waals surface area contributed by atoms with Crippen molar-refractivity contribution in [1.82, 2.24) is 10.2 Å². The Labute approximate surface area is 122 Å². The lowest BCUT2D eigenvalue weighted by Crippen LogP contribution is -2.53. The molecular weight excluding hydrogens is 284 g/mol. The highest BCUT2D eigenvalue weighted by Gasteiger charge is 2.27. The van der Waals surface area contributed by atoms with E-state index in [2.05, 4.69) is 10.1 Å². The quantitative estimate of drug-likeness (QED) is 0.468. The van der Waals surface area contributed by atoms with E-state index >= 15 is 0 Å². The van der Waals surface area contributed by atoms with Crippen LogP contribution in [-0.2, 0) is 19.1 Å². The van der Waals surface area contributed by atoms with Crippen molar-refractivity contribution < 1.29 is 34.1 Å². The predicted molar refractivity (Wildman–Crippen MR) is 71.7 cm³/mol. The highest BCUT2D eigenvalue weighted by Crippen LogP contribution is 1.99. The smallest absolute Gasteiger partial charge is 0.328 e. The minimum Gasteiger partial charge on any atom is -0.480 e. The number of ether oxygens (including phenoxy) is 2. The normalized spacial score (nSPS) is 13.1. The lowest BCUT2D eigenvalue weighted by atomic mass is 10.2. The molecule has 0 saturated carbocycles. The number of carboxylic acid groups (broad SMARTS) is 1. The number of rotatable bonds is 9. The second-order valence-electron chi connectivity index (χ2n) is 4.31. The number of amides is 2.